The van der Waals surface area contributed by atoms with Crippen LogP contribution in [-0.2, 0) is 4.74 Å². The number of ether oxygens (including phenoxy) is 1. The third kappa shape index (κ3) is 4.38. The molecule has 0 aromatic carbocycles. The van der Waals surface area contributed by atoms with Gasteiger partial charge in [-0.3, -0.25) is 0 Å². The van der Waals surface area contributed by atoms with E-state index in [4.69, 9.17) is 5.73 Å². The largest absolute Gasteiger partial charge is 0.484 e. The molecule has 0 amide bonds. The Hall–Kier alpha value is -0.970. The van der Waals surface area contributed by atoms with Crippen LogP contribution < -0.4 is 5.73 Å². The predicted molar refractivity (Wildman–Crippen MR) is 51.0 cm³/mol. The normalized spacial score (nSPS) is 23.5. The van der Waals surface area contributed by atoms with E-state index >= 15 is 0 Å². The van der Waals surface area contributed by atoms with Gasteiger partial charge in [0.2, 0.25) is 0 Å². The lowest BCUT2D eigenvalue weighted by atomic mass is 9.94. The molecule has 0 aromatic rings. The van der Waals surface area contributed by atoms with Gasteiger partial charge in [-0.2, -0.15) is 13.2 Å². The van der Waals surface area contributed by atoms with Gasteiger partial charge < -0.3 is 10.5 Å². The summed E-state index contributed by atoms with van der Waals surface area (Å²) < 4.78 is 40.0. The second-order valence-corrected chi connectivity index (χ2v) is 3.63. The van der Waals surface area contributed by atoms with Gasteiger partial charge in [-0.1, -0.05) is 6.08 Å². The monoisotopic (exact) mass is 221 g/mol. The fraction of sp³-hybridized carbons (Fsp3) is 0.600. The van der Waals surface area contributed by atoms with Crippen molar-refractivity contribution in [1.29, 1.82) is 0 Å². The standard InChI is InChI=1S/C10H14F3NO/c1-7(14)8-2-4-9(5-3-8)15-6-10(11,12)13/h2,4-5,7-8H,3,6,14H2,1H3. The Labute approximate surface area is 86.6 Å². The van der Waals surface area contributed by atoms with Gasteiger partial charge in [-0.25, -0.2) is 0 Å². The lowest BCUT2D eigenvalue weighted by molar-refractivity contribution is -0.163. The van der Waals surface area contributed by atoms with Crippen LogP contribution in [0.25, 0.3) is 0 Å². The minimum Gasteiger partial charge on any atom is -0.484 e. The van der Waals surface area contributed by atoms with Crippen molar-refractivity contribution in [3.8, 4) is 0 Å². The number of allylic oxidation sites excluding steroid dienone is 2. The molecule has 0 saturated carbocycles. The molecular formula is C10H14F3NO. The van der Waals surface area contributed by atoms with Gasteiger partial charge in [0.05, 0.1) is 0 Å². The summed E-state index contributed by atoms with van der Waals surface area (Å²) in [5.74, 6) is 0.451. The van der Waals surface area contributed by atoms with Crippen LogP contribution in [0.3, 0.4) is 0 Å². The highest BCUT2D eigenvalue weighted by atomic mass is 19.4. The van der Waals surface area contributed by atoms with E-state index in [1.165, 1.54) is 0 Å². The number of rotatable bonds is 3. The third-order valence-electron chi connectivity index (χ3n) is 2.18. The van der Waals surface area contributed by atoms with Crippen molar-refractivity contribution in [2.45, 2.75) is 25.6 Å². The van der Waals surface area contributed by atoms with E-state index in [1.807, 2.05) is 6.92 Å². The van der Waals surface area contributed by atoms with Crippen molar-refractivity contribution in [2.75, 3.05) is 6.61 Å². The van der Waals surface area contributed by atoms with Gasteiger partial charge in [0, 0.05) is 6.04 Å². The van der Waals surface area contributed by atoms with Gasteiger partial charge in [0.1, 0.15) is 5.76 Å². The molecule has 5 heteroatoms. The maximum absolute atomic E-state index is 11.8. The van der Waals surface area contributed by atoms with Crippen molar-refractivity contribution in [3.05, 3.63) is 24.0 Å². The Morgan fingerprint density at radius 1 is 1.60 bits per heavy atom. The third-order valence-corrected chi connectivity index (χ3v) is 2.18. The molecule has 2 atom stereocenters. The number of hydrogen-bond donors (Lipinski definition) is 1. The molecule has 86 valence electrons. The minimum atomic E-state index is -4.29. The summed E-state index contributed by atoms with van der Waals surface area (Å²) in [5.41, 5.74) is 5.65. The van der Waals surface area contributed by atoms with Gasteiger partial charge in [0.15, 0.2) is 6.61 Å². The first-order valence-electron chi connectivity index (χ1n) is 4.72. The van der Waals surface area contributed by atoms with E-state index in [-0.39, 0.29) is 17.7 Å². The molecule has 1 rings (SSSR count). The summed E-state index contributed by atoms with van der Waals surface area (Å²) in [7, 11) is 0. The number of hydrogen-bond acceptors (Lipinski definition) is 2. The van der Waals surface area contributed by atoms with Crippen LogP contribution in [0.2, 0.25) is 0 Å². The first kappa shape index (κ1) is 12.1. The smallest absolute Gasteiger partial charge is 0.422 e. The summed E-state index contributed by atoms with van der Waals surface area (Å²) in [6, 6.07) is 0.00154. The molecule has 2 unspecified atom stereocenters. The van der Waals surface area contributed by atoms with E-state index in [9.17, 15) is 13.2 Å². The summed E-state index contributed by atoms with van der Waals surface area (Å²) in [6.07, 6.45) is 1.31. The zero-order valence-corrected chi connectivity index (χ0v) is 8.42. The zero-order valence-electron chi connectivity index (χ0n) is 8.42. The molecule has 0 aliphatic heterocycles. The highest BCUT2D eigenvalue weighted by Crippen LogP contribution is 2.22. The van der Waals surface area contributed by atoms with Crippen LogP contribution in [-0.4, -0.2) is 18.8 Å². The Bertz CT molecular complexity index is 268. The van der Waals surface area contributed by atoms with E-state index in [2.05, 4.69) is 4.74 Å². The summed E-state index contributed by atoms with van der Waals surface area (Å²) >= 11 is 0. The zero-order chi connectivity index (χ0) is 11.5. The Balaban J connectivity index is 2.39. The predicted octanol–water partition coefficient (Wildman–Crippen LogP) is 2.37. The van der Waals surface area contributed by atoms with Crippen molar-refractivity contribution >= 4 is 0 Å². The maximum Gasteiger partial charge on any atom is 0.422 e. The van der Waals surface area contributed by atoms with Crippen LogP contribution in [0.15, 0.2) is 24.0 Å². The molecular weight excluding hydrogens is 207 g/mol. The van der Waals surface area contributed by atoms with Gasteiger partial charge in [-0.05, 0) is 31.4 Å². The molecule has 0 heterocycles. The Kier molecular flexibility index (Phi) is 3.79. The summed E-state index contributed by atoms with van der Waals surface area (Å²) in [5, 5.41) is 0. The number of halogens is 3. The molecule has 2 nitrogen and oxygen atoms in total. The van der Waals surface area contributed by atoms with Crippen LogP contribution in [0, 0.1) is 5.92 Å². The van der Waals surface area contributed by atoms with E-state index in [0.29, 0.717) is 6.42 Å². The number of nitrogens with two attached hydrogens (primary N) is 1. The second kappa shape index (κ2) is 4.70. The Morgan fingerprint density at radius 2 is 2.27 bits per heavy atom. The molecule has 2 N–H and O–H groups in total. The first-order chi connectivity index (χ1) is 6.88. The van der Waals surface area contributed by atoms with Crippen LogP contribution in [0.4, 0.5) is 13.2 Å². The van der Waals surface area contributed by atoms with E-state index in [0.717, 1.165) is 0 Å². The highest BCUT2D eigenvalue weighted by Gasteiger charge is 2.28. The molecule has 0 aromatic heterocycles. The minimum absolute atomic E-state index is 0.00154. The SMILES string of the molecule is CC(N)C1C=CC(OCC(F)(F)F)=CC1. The fourth-order valence-corrected chi connectivity index (χ4v) is 1.28. The summed E-state index contributed by atoms with van der Waals surface area (Å²) in [4.78, 5) is 0. The van der Waals surface area contributed by atoms with Crippen molar-refractivity contribution < 1.29 is 17.9 Å². The molecule has 0 bridgehead atoms. The molecule has 0 saturated heterocycles. The second-order valence-electron chi connectivity index (χ2n) is 3.63. The average molecular weight is 221 g/mol. The van der Waals surface area contributed by atoms with Crippen LogP contribution in [0.1, 0.15) is 13.3 Å². The molecule has 1 aliphatic carbocycles. The van der Waals surface area contributed by atoms with Crippen LogP contribution >= 0.6 is 0 Å². The fourth-order valence-electron chi connectivity index (χ4n) is 1.28. The quantitative estimate of drug-likeness (QED) is 0.794. The van der Waals surface area contributed by atoms with E-state index < -0.39 is 12.8 Å². The van der Waals surface area contributed by atoms with Crippen molar-refractivity contribution in [2.24, 2.45) is 11.7 Å². The lowest BCUT2D eigenvalue weighted by Crippen LogP contribution is -2.26. The molecule has 1 aliphatic rings. The first-order valence-corrected chi connectivity index (χ1v) is 4.72. The molecule has 0 fully saturated rings. The summed E-state index contributed by atoms with van der Waals surface area (Å²) in [6.45, 7) is 0.621. The molecule has 0 spiro atoms. The lowest BCUT2D eigenvalue weighted by Gasteiger charge is -2.19. The maximum atomic E-state index is 11.8. The van der Waals surface area contributed by atoms with Crippen molar-refractivity contribution in [1.82, 2.24) is 0 Å². The van der Waals surface area contributed by atoms with E-state index in [1.54, 1.807) is 18.2 Å². The molecule has 15 heavy (non-hydrogen) atoms. The topological polar surface area (TPSA) is 35.2 Å². The van der Waals surface area contributed by atoms with Gasteiger partial charge in [0.25, 0.3) is 0 Å². The van der Waals surface area contributed by atoms with Gasteiger partial charge >= 0.3 is 6.18 Å². The van der Waals surface area contributed by atoms with Crippen molar-refractivity contribution in [3.63, 3.8) is 0 Å². The molecule has 0 radical (unpaired) electrons. The Morgan fingerprint density at radius 3 is 2.67 bits per heavy atom. The average Bonchev–Trinajstić information content (AvgIpc) is 2.14. The van der Waals surface area contributed by atoms with Gasteiger partial charge in [-0.15, -0.1) is 0 Å². The van der Waals surface area contributed by atoms with Crippen LogP contribution in [0.5, 0.6) is 0 Å². The number of alkyl halides is 3. The highest BCUT2D eigenvalue weighted by molar-refractivity contribution is 5.19.